The molecule has 1 heterocycles. The van der Waals surface area contributed by atoms with Crippen molar-refractivity contribution in [1.82, 2.24) is 5.32 Å². The highest BCUT2D eigenvalue weighted by Gasteiger charge is 2.39. The van der Waals surface area contributed by atoms with Crippen LogP contribution in [0.3, 0.4) is 0 Å². The third kappa shape index (κ3) is 4.23. The first kappa shape index (κ1) is 23.4. The van der Waals surface area contributed by atoms with Gasteiger partial charge in [0.05, 0.1) is 26.5 Å². The van der Waals surface area contributed by atoms with Crippen LogP contribution in [0, 0.1) is 0 Å². The number of allylic oxidation sites excluding steroid dienone is 1. The van der Waals surface area contributed by atoms with E-state index in [0.717, 1.165) is 5.56 Å². The molecule has 0 bridgehead atoms. The fourth-order valence-electron chi connectivity index (χ4n) is 3.76. The van der Waals surface area contributed by atoms with Crippen molar-refractivity contribution in [3.8, 4) is 11.5 Å². The molecule has 1 N–H and O–H groups in total. The van der Waals surface area contributed by atoms with Crippen molar-refractivity contribution in [2.75, 3.05) is 31.6 Å². The quantitative estimate of drug-likeness (QED) is 0.613. The zero-order chi connectivity index (χ0) is 23.5. The molecule has 8 heteroatoms. The van der Waals surface area contributed by atoms with E-state index in [1.165, 1.54) is 24.6 Å². The van der Waals surface area contributed by atoms with Gasteiger partial charge < -0.3 is 14.8 Å². The number of amides is 1. The molecule has 7 nitrogen and oxygen atoms in total. The molecular weight excluding hydrogens is 428 g/mol. The number of benzene rings is 2. The number of rotatable bonds is 8. The maximum absolute atomic E-state index is 13.5. The summed E-state index contributed by atoms with van der Waals surface area (Å²) in [6.45, 7) is 7.59. The highest BCUT2D eigenvalue weighted by Crippen LogP contribution is 2.44. The lowest BCUT2D eigenvalue weighted by Crippen LogP contribution is -2.41. The average Bonchev–Trinajstić information content (AvgIpc) is 2.79. The second-order valence-corrected chi connectivity index (χ2v) is 9.32. The SMILES string of the molecule is C=CCN1c2cc(OC)c(OC)cc2C(C)=C(C(=O)NCC(C)c2ccccc2)S1(=O)=O. The Balaban J connectivity index is 2.03. The van der Waals surface area contributed by atoms with Crippen LogP contribution in [0.15, 0.2) is 60.0 Å². The minimum absolute atomic E-state index is 0.00922. The largest absolute Gasteiger partial charge is 0.493 e. The minimum Gasteiger partial charge on any atom is -0.493 e. The Hall–Kier alpha value is -3.26. The van der Waals surface area contributed by atoms with E-state index < -0.39 is 15.9 Å². The number of nitrogens with zero attached hydrogens (tertiary/aromatic N) is 1. The summed E-state index contributed by atoms with van der Waals surface area (Å²) in [4.78, 5) is 12.9. The molecule has 0 fully saturated rings. The van der Waals surface area contributed by atoms with Crippen LogP contribution in [0.4, 0.5) is 5.69 Å². The van der Waals surface area contributed by atoms with Crippen LogP contribution in [0.25, 0.3) is 5.57 Å². The molecule has 1 amide bonds. The predicted octanol–water partition coefficient (Wildman–Crippen LogP) is 3.69. The van der Waals surface area contributed by atoms with Crippen molar-refractivity contribution in [2.24, 2.45) is 0 Å². The molecule has 170 valence electrons. The van der Waals surface area contributed by atoms with Gasteiger partial charge in [0.15, 0.2) is 16.4 Å². The van der Waals surface area contributed by atoms with Crippen molar-refractivity contribution < 1.29 is 22.7 Å². The smallest absolute Gasteiger partial charge is 0.270 e. The van der Waals surface area contributed by atoms with E-state index in [0.29, 0.717) is 34.9 Å². The van der Waals surface area contributed by atoms with E-state index in [1.807, 2.05) is 37.3 Å². The monoisotopic (exact) mass is 456 g/mol. The van der Waals surface area contributed by atoms with Crippen molar-refractivity contribution in [3.05, 3.63) is 71.2 Å². The molecule has 0 saturated heterocycles. The van der Waals surface area contributed by atoms with Crippen LogP contribution in [-0.2, 0) is 14.8 Å². The maximum Gasteiger partial charge on any atom is 0.270 e. The third-order valence-electron chi connectivity index (χ3n) is 5.50. The van der Waals surface area contributed by atoms with E-state index >= 15 is 0 Å². The molecule has 1 unspecified atom stereocenters. The van der Waals surface area contributed by atoms with Gasteiger partial charge in [-0.3, -0.25) is 9.10 Å². The first-order valence-electron chi connectivity index (χ1n) is 10.2. The molecule has 2 aromatic rings. The molecule has 1 aliphatic rings. The van der Waals surface area contributed by atoms with E-state index in [1.54, 1.807) is 19.1 Å². The normalized spacial score (nSPS) is 15.6. The number of anilines is 1. The van der Waals surface area contributed by atoms with Gasteiger partial charge in [-0.1, -0.05) is 43.3 Å². The number of hydrogen-bond donors (Lipinski definition) is 1. The molecule has 32 heavy (non-hydrogen) atoms. The predicted molar refractivity (Wildman–Crippen MR) is 126 cm³/mol. The molecule has 0 saturated carbocycles. The Morgan fingerprint density at radius 1 is 1.16 bits per heavy atom. The first-order valence-corrected chi connectivity index (χ1v) is 11.6. The topological polar surface area (TPSA) is 84.9 Å². The Bertz CT molecular complexity index is 1160. The lowest BCUT2D eigenvalue weighted by Gasteiger charge is -2.32. The summed E-state index contributed by atoms with van der Waals surface area (Å²) < 4.78 is 38.8. The van der Waals surface area contributed by atoms with E-state index in [-0.39, 0.29) is 17.4 Å². The molecule has 0 aromatic heterocycles. The fraction of sp³-hybridized carbons (Fsp3) is 0.292. The van der Waals surface area contributed by atoms with Crippen LogP contribution < -0.4 is 19.1 Å². The van der Waals surface area contributed by atoms with Gasteiger partial charge in [-0.25, -0.2) is 8.42 Å². The molecule has 2 aromatic carbocycles. The zero-order valence-electron chi connectivity index (χ0n) is 18.7. The summed E-state index contributed by atoms with van der Waals surface area (Å²) in [5.41, 5.74) is 2.40. The summed E-state index contributed by atoms with van der Waals surface area (Å²) in [6.07, 6.45) is 1.48. The molecule has 3 rings (SSSR count). The highest BCUT2D eigenvalue weighted by atomic mass is 32.2. The number of ether oxygens (including phenoxy) is 2. The number of carbonyl (C=O) groups is 1. The average molecular weight is 457 g/mol. The number of nitrogens with one attached hydrogen (secondary N) is 1. The molecule has 0 radical (unpaired) electrons. The summed E-state index contributed by atoms with van der Waals surface area (Å²) in [7, 11) is -1.13. The van der Waals surface area contributed by atoms with Crippen LogP contribution in [0.2, 0.25) is 0 Å². The van der Waals surface area contributed by atoms with Gasteiger partial charge in [-0.2, -0.15) is 0 Å². The van der Waals surface area contributed by atoms with Crippen LogP contribution in [0.5, 0.6) is 11.5 Å². The second kappa shape index (κ2) is 9.48. The van der Waals surface area contributed by atoms with Crippen molar-refractivity contribution in [1.29, 1.82) is 0 Å². The second-order valence-electron chi connectivity index (χ2n) is 7.53. The first-order chi connectivity index (χ1) is 15.3. The van der Waals surface area contributed by atoms with Gasteiger partial charge in [-0.05, 0) is 30.0 Å². The summed E-state index contributed by atoms with van der Waals surface area (Å²) in [5.74, 6) is 0.224. The van der Waals surface area contributed by atoms with E-state index in [2.05, 4.69) is 11.9 Å². The standard InChI is InChI=1S/C24H28N2O5S/c1-6-12-26-20-14-22(31-5)21(30-4)13-19(20)17(3)23(32(26,28)29)24(27)25-15-16(2)18-10-8-7-9-11-18/h6-11,13-14,16H,1,12,15H2,2-5H3,(H,25,27). The van der Waals surface area contributed by atoms with Gasteiger partial charge in [0, 0.05) is 18.2 Å². The molecule has 0 spiro atoms. The number of sulfonamides is 1. The highest BCUT2D eigenvalue weighted by molar-refractivity contribution is 7.97. The van der Waals surface area contributed by atoms with Crippen LogP contribution in [0.1, 0.15) is 30.9 Å². The number of methoxy groups -OCH3 is 2. The lowest BCUT2D eigenvalue weighted by atomic mass is 10.0. The summed E-state index contributed by atoms with van der Waals surface area (Å²) in [5, 5.41) is 2.80. The van der Waals surface area contributed by atoms with Gasteiger partial charge in [-0.15, -0.1) is 6.58 Å². The van der Waals surface area contributed by atoms with E-state index in [4.69, 9.17) is 9.47 Å². The number of carbonyl (C=O) groups excluding carboxylic acids is 1. The Morgan fingerprint density at radius 3 is 2.38 bits per heavy atom. The molecule has 1 aliphatic heterocycles. The molecular formula is C24H28N2O5S. The molecule has 1 atom stereocenters. The van der Waals surface area contributed by atoms with Crippen LogP contribution >= 0.6 is 0 Å². The van der Waals surface area contributed by atoms with Crippen molar-refractivity contribution in [2.45, 2.75) is 19.8 Å². The summed E-state index contributed by atoms with van der Waals surface area (Å²) in [6, 6.07) is 13.0. The van der Waals surface area contributed by atoms with Crippen molar-refractivity contribution >= 4 is 27.2 Å². The van der Waals surface area contributed by atoms with Gasteiger partial charge in [0.25, 0.3) is 15.9 Å². The number of fused-ring (bicyclic) bond motifs is 1. The van der Waals surface area contributed by atoms with Gasteiger partial charge in [0.1, 0.15) is 0 Å². The summed E-state index contributed by atoms with van der Waals surface area (Å²) >= 11 is 0. The van der Waals surface area contributed by atoms with Crippen molar-refractivity contribution in [3.63, 3.8) is 0 Å². The Kier molecular flexibility index (Phi) is 6.93. The minimum atomic E-state index is -4.11. The maximum atomic E-state index is 13.5. The Morgan fingerprint density at radius 2 is 1.78 bits per heavy atom. The lowest BCUT2D eigenvalue weighted by molar-refractivity contribution is -0.116. The van der Waals surface area contributed by atoms with Gasteiger partial charge >= 0.3 is 0 Å². The Labute approximate surface area is 189 Å². The third-order valence-corrected chi connectivity index (χ3v) is 7.44. The van der Waals surface area contributed by atoms with Gasteiger partial charge in [0.2, 0.25) is 0 Å². The number of hydrogen-bond acceptors (Lipinski definition) is 5. The fourth-order valence-corrected chi connectivity index (χ4v) is 5.49. The zero-order valence-corrected chi connectivity index (χ0v) is 19.5. The van der Waals surface area contributed by atoms with Crippen LogP contribution in [-0.4, -0.2) is 41.6 Å². The molecule has 0 aliphatic carbocycles. The van der Waals surface area contributed by atoms with E-state index in [9.17, 15) is 13.2 Å².